The van der Waals surface area contributed by atoms with Crippen molar-refractivity contribution in [3.05, 3.63) is 92.7 Å². The highest BCUT2D eigenvalue weighted by Crippen LogP contribution is 2.36. The Kier molecular flexibility index (Phi) is 7.61. The number of amides is 1. The normalized spacial score (nSPS) is 11.5. The van der Waals surface area contributed by atoms with Crippen LogP contribution in [0.25, 0.3) is 6.08 Å². The number of benzene rings is 3. The maximum absolute atomic E-state index is 13.1. The van der Waals surface area contributed by atoms with Crippen molar-refractivity contribution in [1.29, 1.82) is 5.26 Å². The summed E-state index contributed by atoms with van der Waals surface area (Å²) in [7, 11) is -4.34. The van der Waals surface area contributed by atoms with Gasteiger partial charge in [0.05, 0.1) is 5.02 Å². The number of rotatable bonds is 6. The van der Waals surface area contributed by atoms with E-state index in [0.717, 1.165) is 18.2 Å². The van der Waals surface area contributed by atoms with Crippen molar-refractivity contribution in [2.24, 2.45) is 0 Å². The molecular weight excluding hydrogens is 514 g/mol. The molecule has 1 N–H and O–H groups in total. The Hall–Kier alpha value is -3.09. The molecule has 0 radical (unpaired) electrons. The molecule has 0 saturated carbocycles. The Labute approximate surface area is 203 Å². The quantitative estimate of drug-likeness (QED) is 0.238. The van der Waals surface area contributed by atoms with Gasteiger partial charge in [0.2, 0.25) is 0 Å². The smallest absolute Gasteiger partial charge is 0.339 e. The first-order chi connectivity index (χ1) is 15.6. The number of carbonyl (C=O) groups excluding carboxylic acids is 1. The van der Waals surface area contributed by atoms with Crippen molar-refractivity contribution in [3.63, 3.8) is 0 Å². The minimum absolute atomic E-state index is 0.0316. The van der Waals surface area contributed by atoms with E-state index in [4.69, 9.17) is 39.0 Å². The number of hydrogen-bond donors (Lipinski definition) is 1. The molecule has 3 aromatic carbocycles. The van der Waals surface area contributed by atoms with Crippen LogP contribution in [-0.2, 0) is 14.9 Å². The van der Waals surface area contributed by atoms with Crippen LogP contribution >= 0.6 is 34.8 Å². The van der Waals surface area contributed by atoms with E-state index in [9.17, 15) is 22.9 Å². The zero-order chi connectivity index (χ0) is 24.2. The molecule has 33 heavy (non-hydrogen) atoms. The molecule has 0 aliphatic heterocycles. The van der Waals surface area contributed by atoms with Gasteiger partial charge in [-0.2, -0.15) is 13.7 Å². The molecule has 0 aliphatic carbocycles. The predicted molar refractivity (Wildman–Crippen MR) is 124 cm³/mol. The lowest BCUT2D eigenvalue weighted by Gasteiger charge is -2.12. The van der Waals surface area contributed by atoms with E-state index in [1.54, 1.807) is 6.07 Å². The fourth-order valence-electron chi connectivity index (χ4n) is 2.57. The molecule has 11 heteroatoms. The highest BCUT2D eigenvalue weighted by atomic mass is 35.5. The molecule has 0 spiro atoms. The molecule has 6 nitrogen and oxygen atoms in total. The lowest BCUT2D eigenvalue weighted by atomic mass is 10.1. The monoisotopic (exact) mass is 524 g/mol. The third-order valence-electron chi connectivity index (χ3n) is 4.10. The van der Waals surface area contributed by atoms with Crippen LogP contribution in [0.15, 0.2) is 71.1 Å². The first-order valence-corrected chi connectivity index (χ1v) is 11.5. The van der Waals surface area contributed by atoms with Crippen LogP contribution in [-0.4, -0.2) is 14.3 Å². The molecule has 3 aromatic rings. The molecule has 1 amide bonds. The van der Waals surface area contributed by atoms with E-state index >= 15 is 0 Å². The van der Waals surface area contributed by atoms with Crippen LogP contribution in [0.5, 0.6) is 5.75 Å². The van der Waals surface area contributed by atoms with Gasteiger partial charge in [0.25, 0.3) is 5.91 Å². The highest BCUT2D eigenvalue weighted by Gasteiger charge is 2.22. The topological polar surface area (TPSA) is 96.3 Å². The second-order valence-electron chi connectivity index (χ2n) is 6.43. The standard InChI is InChI=1S/C22H12Cl3FN2O4S/c23-15-1-7-19(8-2-15)33(30,31)32-21-13(10-16(24)11-20(21)25)9-14(12-27)22(29)28-18-5-3-17(26)4-6-18/h1-11H,(H,28,29)/b14-9+. The van der Waals surface area contributed by atoms with E-state index < -0.39 is 27.4 Å². The molecular formula is C22H12Cl3FN2O4S. The molecule has 168 valence electrons. The van der Waals surface area contributed by atoms with Crippen molar-refractivity contribution < 1.29 is 21.8 Å². The van der Waals surface area contributed by atoms with Crippen molar-refractivity contribution >= 4 is 62.6 Å². The van der Waals surface area contributed by atoms with Crippen LogP contribution in [0.1, 0.15) is 5.56 Å². The Morgan fingerprint density at radius 1 is 1.00 bits per heavy atom. The highest BCUT2D eigenvalue weighted by molar-refractivity contribution is 7.87. The lowest BCUT2D eigenvalue weighted by molar-refractivity contribution is -0.112. The predicted octanol–water partition coefficient (Wildman–Crippen LogP) is 6.10. The van der Waals surface area contributed by atoms with Crippen LogP contribution in [0.2, 0.25) is 15.1 Å². The van der Waals surface area contributed by atoms with Crippen molar-refractivity contribution in [3.8, 4) is 11.8 Å². The first kappa shape index (κ1) is 24.6. The molecule has 0 saturated heterocycles. The van der Waals surface area contributed by atoms with Crippen LogP contribution in [0, 0.1) is 17.1 Å². The summed E-state index contributed by atoms with van der Waals surface area (Å²) in [5.74, 6) is -1.66. The Balaban J connectivity index is 1.99. The summed E-state index contributed by atoms with van der Waals surface area (Å²) in [6.45, 7) is 0. The van der Waals surface area contributed by atoms with Crippen molar-refractivity contribution in [2.45, 2.75) is 4.90 Å². The number of anilines is 1. The molecule has 0 aromatic heterocycles. The Bertz CT molecular complexity index is 1380. The zero-order valence-electron chi connectivity index (χ0n) is 16.4. The second kappa shape index (κ2) is 10.2. The third-order valence-corrected chi connectivity index (χ3v) is 6.09. The van der Waals surface area contributed by atoms with Gasteiger partial charge in [-0.25, -0.2) is 4.39 Å². The van der Waals surface area contributed by atoms with Crippen molar-refractivity contribution in [2.75, 3.05) is 5.32 Å². The number of nitrogens with zero attached hydrogens (tertiary/aromatic N) is 1. The minimum atomic E-state index is -4.34. The van der Waals surface area contributed by atoms with Gasteiger partial charge in [0.1, 0.15) is 22.4 Å². The SMILES string of the molecule is N#C/C(=C\c1cc(Cl)cc(Cl)c1OS(=O)(=O)c1ccc(Cl)cc1)C(=O)Nc1ccc(F)cc1. The van der Waals surface area contributed by atoms with Gasteiger partial charge >= 0.3 is 10.1 Å². The summed E-state index contributed by atoms with van der Waals surface area (Å²) in [5, 5.41) is 12.2. The van der Waals surface area contributed by atoms with Gasteiger partial charge in [-0.3, -0.25) is 4.79 Å². The van der Waals surface area contributed by atoms with E-state index in [-0.39, 0.29) is 31.9 Å². The lowest BCUT2D eigenvalue weighted by Crippen LogP contribution is -2.14. The fourth-order valence-corrected chi connectivity index (χ4v) is 4.26. The first-order valence-electron chi connectivity index (χ1n) is 8.97. The number of hydrogen-bond acceptors (Lipinski definition) is 5. The molecule has 0 fully saturated rings. The summed E-state index contributed by atoms with van der Waals surface area (Å²) in [5.41, 5.74) is -0.198. The third kappa shape index (κ3) is 6.24. The second-order valence-corrected chi connectivity index (χ2v) is 9.25. The van der Waals surface area contributed by atoms with E-state index in [1.807, 2.05) is 0 Å². The van der Waals surface area contributed by atoms with Crippen LogP contribution < -0.4 is 9.50 Å². The van der Waals surface area contributed by atoms with Gasteiger partial charge in [0, 0.05) is 21.3 Å². The van der Waals surface area contributed by atoms with Gasteiger partial charge < -0.3 is 9.50 Å². The van der Waals surface area contributed by atoms with E-state index in [0.29, 0.717) is 5.02 Å². The summed E-state index contributed by atoms with van der Waals surface area (Å²) in [6, 6.07) is 14.4. The Morgan fingerprint density at radius 3 is 2.24 bits per heavy atom. The summed E-state index contributed by atoms with van der Waals surface area (Å²) in [6.07, 6.45) is 1.07. The number of nitrogens with one attached hydrogen (secondary N) is 1. The van der Waals surface area contributed by atoms with Crippen LogP contribution in [0.3, 0.4) is 0 Å². The van der Waals surface area contributed by atoms with Crippen LogP contribution in [0.4, 0.5) is 10.1 Å². The summed E-state index contributed by atoms with van der Waals surface area (Å²) < 4.78 is 43.7. The zero-order valence-corrected chi connectivity index (χ0v) is 19.4. The maximum Gasteiger partial charge on any atom is 0.339 e. The maximum atomic E-state index is 13.1. The molecule has 0 aliphatic rings. The van der Waals surface area contributed by atoms with Gasteiger partial charge in [-0.15, -0.1) is 0 Å². The molecule has 0 heterocycles. The van der Waals surface area contributed by atoms with Crippen molar-refractivity contribution in [1.82, 2.24) is 0 Å². The number of halogens is 4. The van der Waals surface area contributed by atoms with E-state index in [2.05, 4.69) is 5.32 Å². The average Bonchev–Trinajstić information content (AvgIpc) is 2.76. The number of carbonyl (C=O) groups is 1. The largest absolute Gasteiger partial charge is 0.377 e. The average molecular weight is 526 g/mol. The van der Waals surface area contributed by atoms with Gasteiger partial charge in [-0.1, -0.05) is 34.8 Å². The fraction of sp³-hybridized carbons (Fsp3) is 0. The molecule has 0 atom stereocenters. The van der Waals surface area contributed by atoms with E-state index in [1.165, 1.54) is 48.5 Å². The minimum Gasteiger partial charge on any atom is -0.377 e. The van der Waals surface area contributed by atoms with Gasteiger partial charge in [0.15, 0.2) is 5.75 Å². The number of nitriles is 1. The molecule has 0 unspecified atom stereocenters. The summed E-state index contributed by atoms with van der Waals surface area (Å²) in [4.78, 5) is 12.3. The molecule has 0 bridgehead atoms. The van der Waals surface area contributed by atoms with Gasteiger partial charge in [-0.05, 0) is 66.7 Å². The summed E-state index contributed by atoms with van der Waals surface area (Å²) >= 11 is 18.0. The molecule has 3 rings (SSSR count). The Morgan fingerprint density at radius 2 is 1.64 bits per heavy atom.